The third kappa shape index (κ3) is 6.31. The summed E-state index contributed by atoms with van der Waals surface area (Å²) in [5.74, 6) is 1.84. The predicted octanol–water partition coefficient (Wildman–Crippen LogP) is 14.7. The summed E-state index contributed by atoms with van der Waals surface area (Å²) >= 11 is 0. The number of allylic oxidation sites excluding steroid dienone is 6. The number of hydrogen-bond donors (Lipinski definition) is 1. The van der Waals surface area contributed by atoms with Gasteiger partial charge in [-0.25, -0.2) is 4.99 Å². The number of hydrogen-bond acceptors (Lipinski definition) is 3. The van der Waals surface area contributed by atoms with E-state index in [2.05, 4.69) is 235 Å². The average Bonchev–Trinajstić information content (AvgIpc) is 3.60. The van der Waals surface area contributed by atoms with Gasteiger partial charge in [0.05, 0.1) is 17.1 Å². The van der Waals surface area contributed by atoms with Crippen molar-refractivity contribution in [3.05, 3.63) is 229 Å². The van der Waals surface area contributed by atoms with Gasteiger partial charge >= 0.3 is 0 Å². The summed E-state index contributed by atoms with van der Waals surface area (Å²) in [7, 11) is 0. The molecule has 0 saturated carbocycles. The van der Waals surface area contributed by atoms with Gasteiger partial charge < -0.3 is 14.8 Å². The Morgan fingerprint density at radius 1 is 0.556 bits per heavy atom. The zero-order chi connectivity index (χ0) is 42.0. The van der Waals surface area contributed by atoms with E-state index >= 15 is 0 Å². The van der Waals surface area contributed by atoms with Crippen LogP contribution in [0.2, 0.25) is 0 Å². The summed E-state index contributed by atoms with van der Waals surface area (Å²) in [4.78, 5) is 8.20. The Morgan fingerprint density at radius 3 is 2.06 bits per heavy atom. The van der Waals surface area contributed by atoms with Gasteiger partial charge in [0.1, 0.15) is 6.04 Å². The molecule has 0 radical (unpaired) electrons. The molecule has 0 spiro atoms. The number of guanidine groups is 1. The van der Waals surface area contributed by atoms with E-state index in [1.807, 2.05) is 0 Å². The van der Waals surface area contributed by atoms with Gasteiger partial charge in [0.15, 0.2) is 0 Å². The van der Waals surface area contributed by atoms with Crippen molar-refractivity contribution in [3.63, 3.8) is 0 Å². The van der Waals surface area contributed by atoms with Crippen LogP contribution in [0.1, 0.15) is 48.9 Å². The summed E-state index contributed by atoms with van der Waals surface area (Å²) in [6.45, 7) is 4.77. The lowest BCUT2D eigenvalue weighted by atomic mass is 9.77. The van der Waals surface area contributed by atoms with Crippen LogP contribution in [-0.2, 0) is 0 Å². The van der Waals surface area contributed by atoms with E-state index in [9.17, 15) is 0 Å². The lowest BCUT2D eigenvalue weighted by molar-refractivity contribution is 0.451. The Labute approximate surface area is 369 Å². The van der Waals surface area contributed by atoms with E-state index in [0.717, 1.165) is 18.1 Å². The highest BCUT2D eigenvalue weighted by atomic mass is 15.3. The Balaban J connectivity index is 0.935. The normalized spacial score (nSPS) is 21.2. The summed E-state index contributed by atoms with van der Waals surface area (Å²) in [6, 6.07) is 62.1. The Morgan fingerprint density at radius 2 is 1.22 bits per heavy atom. The van der Waals surface area contributed by atoms with Crippen molar-refractivity contribution in [1.82, 2.24) is 4.57 Å². The van der Waals surface area contributed by atoms with Gasteiger partial charge in [-0.2, -0.15) is 0 Å². The highest BCUT2D eigenvalue weighted by Gasteiger charge is 2.41. The van der Waals surface area contributed by atoms with Crippen molar-refractivity contribution in [3.8, 4) is 27.9 Å². The van der Waals surface area contributed by atoms with Crippen LogP contribution in [0.4, 0.5) is 11.4 Å². The van der Waals surface area contributed by atoms with E-state index in [4.69, 9.17) is 4.99 Å². The van der Waals surface area contributed by atoms with E-state index in [-0.39, 0.29) is 18.0 Å². The van der Waals surface area contributed by atoms with Gasteiger partial charge in [-0.15, -0.1) is 0 Å². The molecule has 4 heteroatoms. The number of para-hydroxylation sites is 3. The maximum atomic E-state index is 5.71. The number of fused-ring (bicyclic) bond motifs is 8. The summed E-state index contributed by atoms with van der Waals surface area (Å²) in [5.41, 5.74) is 17.4. The monoisotopic (exact) mass is 812 g/mol. The Hall–Kier alpha value is -7.43. The topological polar surface area (TPSA) is 32.6 Å². The third-order valence-corrected chi connectivity index (χ3v) is 14.0. The summed E-state index contributed by atoms with van der Waals surface area (Å²) < 4.78 is 2.41. The highest BCUT2D eigenvalue weighted by molar-refractivity contribution is 6.11. The van der Waals surface area contributed by atoms with E-state index in [1.54, 1.807) is 0 Å². The molecule has 2 aliphatic heterocycles. The molecule has 12 rings (SSSR count). The zero-order valence-electron chi connectivity index (χ0n) is 35.6. The molecule has 4 unspecified atom stereocenters. The van der Waals surface area contributed by atoms with Gasteiger partial charge in [0.2, 0.25) is 5.96 Å². The molecule has 1 N–H and O–H groups in total. The Bertz CT molecular complexity index is 3220. The fourth-order valence-electron chi connectivity index (χ4n) is 10.8. The maximum absolute atomic E-state index is 5.71. The standard InChI is InChI=1S/C59H48N4/c1-38-35-45(30-32-47(38)42-27-25-41(26-28-42)40-15-5-3-6-16-40)58-51-21-9-12-22-53(51)60-59(61-58)63-54-23-13-10-19-48(39(54)2)52-36-43(31-34-56(52)63)44-29-33-50-49-20-11-14-24-55(49)62(57(50)37-44)46-17-7-4-8-18-46/h3-34,36-39,48,54,58H,35H2,1-2H3,(H,60,61)/t38?,39-,48?,54?,58?/m1/s1. The lowest BCUT2D eigenvalue weighted by Crippen LogP contribution is -2.51. The van der Waals surface area contributed by atoms with Gasteiger partial charge in [-0.3, -0.25) is 0 Å². The number of anilines is 2. The van der Waals surface area contributed by atoms with Crippen LogP contribution in [0, 0.1) is 11.8 Å². The fourth-order valence-corrected chi connectivity index (χ4v) is 10.8. The molecule has 0 saturated heterocycles. The fraction of sp³-hybridized carbons (Fsp3) is 0.136. The van der Waals surface area contributed by atoms with Crippen LogP contribution in [0.3, 0.4) is 0 Å². The van der Waals surface area contributed by atoms with Gasteiger partial charge in [-0.1, -0.05) is 178 Å². The molecule has 4 aliphatic rings. The molecule has 0 amide bonds. The van der Waals surface area contributed by atoms with E-state index < -0.39 is 0 Å². The van der Waals surface area contributed by atoms with Gasteiger partial charge in [-0.05, 0) is 105 Å². The second-order valence-electron chi connectivity index (χ2n) is 17.7. The van der Waals surface area contributed by atoms with E-state index in [1.165, 1.54) is 83.3 Å². The zero-order valence-corrected chi connectivity index (χ0v) is 35.6. The first-order valence-corrected chi connectivity index (χ1v) is 22.4. The minimum Gasteiger partial charge on any atom is -0.326 e. The number of aliphatic imine (C=N–C) groups is 1. The molecule has 3 heterocycles. The molecule has 304 valence electrons. The van der Waals surface area contributed by atoms with Gasteiger partial charge in [0.25, 0.3) is 0 Å². The quantitative estimate of drug-likeness (QED) is 0.188. The molecule has 2 bridgehead atoms. The molecule has 63 heavy (non-hydrogen) atoms. The molecule has 8 aromatic rings. The van der Waals surface area contributed by atoms with Crippen LogP contribution in [0.5, 0.6) is 0 Å². The highest BCUT2D eigenvalue weighted by Crippen LogP contribution is 2.49. The number of aromatic nitrogens is 1. The second-order valence-corrected chi connectivity index (χ2v) is 17.7. The number of benzene rings is 7. The minimum atomic E-state index is -0.0927. The van der Waals surface area contributed by atoms with Crippen molar-refractivity contribution in [2.45, 2.75) is 38.3 Å². The predicted molar refractivity (Wildman–Crippen MR) is 265 cm³/mol. The second kappa shape index (κ2) is 15.2. The molecule has 5 atom stereocenters. The first-order chi connectivity index (χ1) is 31.1. The molecule has 2 aliphatic carbocycles. The van der Waals surface area contributed by atoms with E-state index in [0.29, 0.717) is 11.8 Å². The average molecular weight is 813 g/mol. The van der Waals surface area contributed by atoms with Crippen LogP contribution >= 0.6 is 0 Å². The van der Waals surface area contributed by atoms with Crippen molar-refractivity contribution < 1.29 is 0 Å². The smallest absolute Gasteiger partial charge is 0.204 e. The molecule has 7 aromatic carbocycles. The van der Waals surface area contributed by atoms with Crippen LogP contribution in [-0.4, -0.2) is 16.6 Å². The van der Waals surface area contributed by atoms with Crippen LogP contribution in [0.15, 0.2) is 217 Å². The van der Waals surface area contributed by atoms with Crippen molar-refractivity contribution in [2.24, 2.45) is 16.8 Å². The SMILES string of the molecule is CC1CC(C2N=C(N3c4ccc(-c5ccc6c7ccccc7n(-c7ccccc7)c6c5)cc4C4C=CC=CC3[C@@H]4C)Nc3ccccc32)=CC=C1c1ccc(-c2ccccc2)cc1. The van der Waals surface area contributed by atoms with Gasteiger partial charge in [0, 0.05) is 39.3 Å². The molecule has 1 aromatic heterocycles. The number of nitrogens with zero attached hydrogens (tertiary/aromatic N) is 3. The Kier molecular flexibility index (Phi) is 9.00. The third-order valence-electron chi connectivity index (χ3n) is 14.0. The summed E-state index contributed by atoms with van der Waals surface area (Å²) in [5, 5.41) is 6.39. The minimum absolute atomic E-state index is 0.0927. The van der Waals surface area contributed by atoms with Crippen LogP contribution < -0.4 is 10.2 Å². The summed E-state index contributed by atoms with van der Waals surface area (Å²) in [6.07, 6.45) is 14.9. The molecule has 0 fully saturated rings. The van der Waals surface area contributed by atoms with Crippen molar-refractivity contribution in [2.75, 3.05) is 10.2 Å². The maximum Gasteiger partial charge on any atom is 0.204 e. The van der Waals surface area contributed by atoms with Crippen molar-refractivity contribution in [1.29, 1.82) is 0 Å². The first-order valence-electron chi connectivity index (χ1n) is 22.4. The lowest BCUT2D eigenvalue weighted by Gasteiger charge is -2.46. The molecule has 4 nitrogen and oxygen atoms in total. The molecular weight excluding hydrogens is 765 g/mol. The first kappa shape index (κ1) is 37.3. The largest absolute Gasteiger partial charge is 0.326 e. The number of nitrogens with one attached hydrogen (secondary N) is 1. The van der Waals surface area contributed by atoms with Crippen LogP contribution in [0.25, 0.3) is 55.3 Å². The number of rotatable bonds is 5. The molecular formula is C59H48N4. The van der Waals surface area contributed by atoms with Crippen molar-refractivity contribution >= 4 is 44.7 Å².